The number of esters is 4. The van der Waals surface area contributed by atoms with Gasteiger partial charge in [-0.25, -0.2) is 9.13 Å². The topological polar surface area (TPSA) is 237 Å². The molecule has 0 aliphatic carbocycles. The van der Waals surface area contributed by atoms with Crippen LogP contribution in [0.15, 0.2) is 0 Å². The van der Waals surface area contributed by atoms with Gasteiger partial charge in [0.05, 0.1) is 26.4 Å². The molecule has 0 bridgehead atoms. The van der Waals surface area contributed by atoms with Gasteiger partial charge in [0.15, 0.2) is 12.2 Å². The molecule has 0 radical (unpaired) electrons. The first-order valence-corrected chi connectivity index (χ1v) is 45.2. The van der Waals surface area contributed by atoms with Crippen LogP contribution >= 0.6 is 15.6 Å². The molecule has 0 saturated heterocycles. The van der Waals surface area contributed by atoms with Crippen LogP contribution in [0.3, 0.4) is 0 Å². The summed E-state index contributed by atoms with van der Waals surface area (Å²) in [5.41, 5.74) is 0. The molecule has 0 spiro atoms. The standard InChI is InChI=1S/C82H160O17P2/c1-72(2)58-50-42-34-27-21-17-13-9-11-15-19-23-30-38-46-54-62-79(84)92-68-77(98-82(87)65-57-49-40-32-26-25-29-36-44-52-60-74(5)6)70-96-100(88,89)94-66-76(83)67-95-101(90,91)97-71-78(69-93-80(85)63-55-47-41-33-37-45-53-61-75(7)8)99-81(86)64-56-48-39-31-24-20-16-12-10-14-18-22-28-35-43-51-59-73(3)4/h72-78,83H,9-71H2,1-8H3,(H,88,89)(H,90,91)/t76?,77-,78-/m1/s1. The van der Waals surface area contributed by atoms with E-state index in [-0.39, 0.29) is 25.7 Å². The fourth-order valence-corrected chi connectivity index (χ4v) is 14.2. The van der Waals surface area contributed by atoms with Crippen LogP contribution in [0.1, 0.15) is 421 Å². The van der Waals surface area contributed by atoms with Crippen molar-refractivity contribution in [1.82, 2.24) is 0 Å². The maximum absolute atomic E-state index is 13.1. The summed E-state index contributed by atoms with van der Waals surface area (Å²) in [4.78, 5) is 73.0. The quantitative estimate of drug-likeness (QED) is 0.0222. The van der Waals surface area contributed by atoms with Crippen molar-refractivity contribution < 1.29 is 80.2 Å². The molecule has 600 valence electrons. The maximum Gasteiger partial charge on any atom is 0.472 e. The monoisotopic (exact) mass is 1480 g/mol. The lowest BCUT2D eigenvalue weighted by molar-refractivity contribution is -0.161. The number of carbonyl (C=O) groups is 4. The Bertz CT molecular complexity index is 1970. The smallest absolute Gasteiger partial charge is 0.462 e. The molecule has 0 saturated carbocycles. The van der Waals surface area contributed by atoms with Crippen molar-refractivity contribution in [1.29, 1.82) is 0 Å². The number of hydrogen-bond donors (Lipinski definition) is 3. The summed E-state index contributed by atoms with van der Waals surface area (Å²) in [6.07, 6.45) is 58.4. The highest BCUT2D eigenvalue weighted by Gasteiger charge is 2.30. The summed E-state index contributed by atoms with van der Waals surface area (Å²) in [6, 6.07) is 0. The van der Waals surface area contributed by atoms with E-state index in [9.17, 15) is 43.2 Å². The number of rotatable bonds is 79. The van der Waals surface area contributed by atoms with Crippen molar-refractivity contribution in [2.24, 2.45) is 23.7 Å². The molecule has 101 heavy (non-hydrogen) atoms. The van der Waals surface area contributed by atoms with Gasteiger partial charge in [0.1, 0.15) is 19.3 Å². The van der Waals surface area contributed by atoms with Crippen LogP contribution in [0.4, 0.5) is 0 Å². The molecule has 19 heteroatoms. The highest BCUT2D eigenvalue weighted by atomic mass is 31.2. The lowest BCUT2D eigenvalue weighted by atomic mass is 10.0. The van der Waals surface area contributed by atoms with Gasteiger partial charge in [0.25, 0.3) is 0 Å². The Hall–Kier alpha value is -1.94. The number of hydrogen-bond acceptors (Lipinski definition) is 15. The zero-order valence-corrected chi connectivity index (χ0v) is 68.3. The summed E-state index contributed by atoms with van der Waals surface area (Å²) >= 11 is 0. The predicted molar refractivity (Wildman–Crippen MR) is 414 cm³/mol. The van der Waals surface area contributed by atoms with Gasteiger partial charge in [-0.05, 0) is 49.4 Å². The molecule has 0 aliphatic heterocycles. The lowest BCUT2D eigenvalue weighted by Crippen LogP contribution is -2.30. The molecule has 0 aromatic rings. The first-order chi connectivity index (χ1) is 48.6. The van der Waals surface area contributed by atoms with E-state index in [1.807, 2.05) is 0 Å². The second-order valence-corrected chi connectivity index (χ2v) is 34.3. The molecular formula is C82H160O17P2. The van der Waals surface area contributed by atoms with Crippen LogP contribution in [0.2, 0.25) is 0 Å². The van der Waals surface area contributed by atoms with Crippen LogP contribution < -0.4 is 0 Å². The number of aliphatic hydroxyl groups is 1. The molecule has 5 atom stereocenters. The summed E-state index contributed by atoms with van der Waals surface area (Å²) < 4.78 is 68.7. The van der Waals surface area contributed by atoms with Crippen LogP contribution in [0.5, 0.6) is 0 Å². The SMILES string of the molecule is CC(C)CCCCCCCCCCCCCCCCCCC(=O)OC[C@H](COP(=O)(O)OCC(O)COP(=O)(O)OC[C@@H](COC(=O)CCCCCCCCCC(C)C)OC(=O)CCCCCCCCCCCCCCCCCCC(C)C)OC(=O)CCCCCCCCCCCCC(C)C. The maximum atomic E-state index is 13.1. The molecule has 0 aromatic heterocycles. The molecule has 3 unspecified atom stereocenters. The summed E-state index contributed by atoms with van der Waals surface area (Å²) in [7, 11) is -9.92. The number of aliphatic hydroxyl groups excluding tert-OH is 1. The van der Waals surface area contributed by atoms with Crippen LogP contribution in [-0.2, 0) is 65.4 Å². The summed E-state index contributed by atoms with van der Waals surface area (Å²) in [6.45, 7) is 14.2. The molecule has 0 amide bonds. The van der Waals surface area contributed by atoms with Crippen molar-refractivity contribution in [3.05, 3.63) is 0 Å². The van der Waals surface area contributed by atoms with Gasteiger partial charge in [-0.2, -0.15) is 0 Å². The summed E-state index contributed by atoms with van der Waals surface area (Å²) in [5, 5.41) is 10.6. The molecule has 17 nitrogen and oxygen atoms in total. The largest absolute Gasteiger partial charge is 0.472 e. The third kappa shape index (κ3) is 76.1. The van der Waals surface area contributed by atoms with Crippen molar-refractivity contribution in [3.63, 3.8) is 0 Å². The molecule has 0 aromatic carbocycles. The van der Waals surface area contributed by atoms with E-state index in [0.29, 0.717) is 31.6 Å². The van der Waals surface area contributed by atoms with Gasteiger partial charge in [0, 0.05) is 25.7 Å². The Morgan fingerprint density at radius 2 is 0.416 bits per heavy atom. The van der Waals surface area contributed by atoms with E-state index in [2.05, 4.69) is 55.4 Å². The Morgan fingerprint density at radius 3 is 0.614 bits per heavy atom. The molecular weight excluding hydrogens is 1320 g/mol. The molecule has 0 rings (SSSR count). The van der Waals surface area contributed by atoms with Gasteiger partial charge in [-0.3, -0.25) is 37.3 Å². The first-order valence-electron chi connectivity index (χ1n) is 42.2. The number of ether oxygens (including phenoxy) is 4. The third-order valence-corrected chi connectivity index (χ3v) is 21.0. The molecule has 3 N–H and O–H groups in total. The first kappa shape index (κ1) is 99.1. The Kier molecular flexibility index (Phi) is 69.6. The van der Waals surface area contributed by atoms with E-state index >= 15 is 0 Å². The lowest BCUT2D eigenvalue weighted by Gasteiger charge is -2.21. The highest BCUT2D eigenvalue weighted by Crippen LogP contribution is 2.45. The number of carbonyl (C=O) groups excluding carboxylic acids is 4. The molecule has 0 aliphatic rings. The van der Waals surface area contributed by atoms with E-state index < -0.39 is 97.5 Å². The molecule has 0 heterocycles. The van der Waals surface area contributed by atoms with Gasteiger partial charge in [-0.15, -0.1) is 0 Å². The Morgan fingerprint density at radius 1 is 0.248 bits per heavy atom. The number of unbranched alkanes of at least 4 members (excludes halogenated alkanes) is 45. The van der Waals surface area contributed by atoms with Crippen molar-refractivity contribution >= 4 is 39.5 Å². The van der Waals surface area contributed by atoms with E-state index in [1.165, 1.54) is 218 Å². The average molecular weight is 1480 g/mol. The van der Waals surface area contributed by atoms with Gasteiger partial charge in [-0.1, -0.05) is 370 Å². The summed E-state index contributed by atoms with van der Waals surface area (Å²) in [5.74, 6) is 0.965. The second-order valence-electron chi connectivity index (χ2n) is 31.4. The second kappa shape index (κ2) is 71.0. The average Bonchev–Trinajstić information content (AvgIpc) is 0.953. The Balaban J connectivity index is 5.20. The van der Waals surface area contributed by atoms with Crippen LogP contribution in [0, 0.1) is 23.7 Å². The number of phosphoric ester groups is 2. The van der Waals surface area contributed by atoms with Gasteiger partial charge < -0.3 is 33.8 Å². The van der Waals surface area contributed by atoms with Gasteiger partial charge >= 0.3 is 39.5 Å². The molecule has 0 fully saturated rings. The number of phosphoric acid groups is 2. The van der Waals surface area contributed by atoms with Crippen molar-refractivity contribution in [2.45, 2.75) is 440 Å². The minimum Gasteiger partial charge on any atom is -0.462 e. The minimum absolute atomic E-state index is 0.106. The predicted octanol–water partition coefficient (Wildman–Crippen LogP) is 24.4. The Labute approximate surface area is 619 Å². The highest BCUT2D eigenvalue weighted by molar-refractivity contribution is 7.47. The van der Waals surface area contributed by atoms with Crippen LogP contribution in [0.25, 0.3) is 0 Å². The fourth-order valence-electron chi connectivity index (χ4n) is 12.6. The van der Waals surface area contributed by atoms with Gasteiger partial charge in [0.2, 0.25) is 0 Å². The van der Waals surface area contributed by atoms with E-state index in [1.54, 1.807) is 0 Å². The van der Waals surface area contributed by atoms with Crippen molar-refractivity contribution in [2.75, 3.05) is 39.6 Å². The van der Waals surface area contributed by atoms with E-state index in [4.69, 9.17) is 37.0 Å². The third-order valence-electron chi connectivity index (χ3n) is 19.1. The van der Waals surface area contributed by atoms with Crippen LogP contribution in [-0.4, -0.2) is 96.7 Å². The zero-order valence-electron chi connectivity index (χ0n) is 66.5. The van der Waals surface area contributed by atoms with E-state index in [0.717, 1.165) is 114 Å². The zero-order chi connectivity index (χ0) is 74.6. The normalized spacial score (nSPS) is 14.0. The minimum atomic E-state index is -4.96. The van der Waals surface area contributed by atoms with Crippen molar-refractivity contribution in [3.8, 4) is 0 Å². The fraction of sp³-hybridized carbons (Fsp3) is 0.951.